The predicted octanol–water partition coefficient (Wildman–Crippen LogP) is 3.16. The van der Waals surface area contributed by atoms with E-state index in [1.165, 1.54) is 12.1 Å². The Balaban J connectivity index is 1.86. The van der Waals surface area contributed by atoms with E-state index in [9.17, 15) is 4.39 Å². The molecular weight excluding hydrogens is 287 g/mol. The summed E-state index contributed by atoms with van der Waals surface area (Å²) in [6, 6.07) is 6.40. The van der Waals surface area contributed by atoms with Crippen molar-refractivity contribution >= 4 is 23.0 Å². The molecule has 0 aliphatic carbocycles. The Kier molecular flexibility index (Phi) is 5.68. The molecule has 0 saturated carbocycles. The van der Waals surface area contributed by atoms with E-state index in [2.05, 4.69) is 22.7 Å². The number of halogens is 1. The molecule has 1 heterocycles. The van der Waals surface area contributed by atoms with E-state index in [0.717, 1.165) is 30.6 Å². The highest BCUT2D eigenvalue weighted by Gasteiger charge is 2.02. The smallest absolute Gasteiger partial charge is 0.170 e. The summed E-state index contributed by atoms with van der Waals surface area (Å²) in [5.74, 6) is -0.231. The second-order valence-electron chi connectivity index (χ2n) is 4.79. The third kappa shape index (κ3) is 5.15. The normalized spacial score (nSPS) is 10.4. The van der Waals surface area contributed by atoms with Gasteiger partial charge in [-0.15, -0.1) is 0 Å². The maximum Gasteiger partial charge on any atom is 0.170 e. The molecule has 0 fully saturated rings. The molecule has 1 aromatic carbocycles. The highest BCUT2D eigenvalue weighted by molar-refractivity contribution is 7.80. The number of anilines is 1. The number of benzene rings is 1. The second kappa shape index (κ2) is 7.73. The molecule has 0 amide bonds. The van der Waals surface area contributed by atoms with E-state index in [1.54, 1.807) is 23.0 Å². The third-order valence-electron chi connectivity index (χ3n) is 2.96. The van der Waals surface area contributed by atoms with Crippen LogP contribution in [0.3, 0.4) is 0 Å². The van der Waals surface area contributed by atoms with Gasteiger partial charge in [-0.05, 0) is 36.3 Å². The molecule has 112 valence electrons. The minimum atomic E-state index is -0.231. The Morgan fingerprint density at radius 2 is 2.10 bits per heavy atom. The lowest BCUT2D eigenvalue weighted by Crippen LogP contribution is -2.28. The van der Waals surface area contributed by atoms with Gasteiger partial charge >= 0.3 is 0 Å². The molecule has 4 nitrogen and oxygen atoms in total. The molecule has 2 rings (SSSR count). The summed E-state index contributed by atoms with van der Waals surface area (Å²) in [7, 11) is 0. The van der Waals surface area contributed by atoms with Gasteiger partial charge in [0.25, 0.3) is 0 Å². The number of rotatable bonds is 6. The molecule has 0 saturated heterocycles. The Bertz CT molecular complexity index is 580. The average Bonchev–Trinajstić information content (AvgIpc) is 2.89. The molecule has 0 atom stereocenters. The summed E-state index contributed by atoms with van der Waals surface area (Å²) >= 11 is 5.20. The van der Waals surface area contributed by atoms with Crippen LogP contribution in [0.15, 0.2) is 36.7 Å². The molecule has 21 heavy (non-hydrogen) atoms. The number of nitrogens with one attached hydrogen (secondary N) is 2. The zero-order valence-electron chi connectivity index (χ0n) is 12.0. The summed E-state index contributed by atoms with van der Waals surface area (Å²) in [6.07, 6.45) is 5.81. The van der Waals surface area contributed by atoms with Gasteiger partial charge in [-0.2, -0.15) is 5.10 Å². The van der Waals surface area contributed by atoms with Gasteiger partial charge in [-0.25, -0.2) is 4.39 Å². The highest BCUT2D eigenvalue weighted by atomic mass is 32.1. The first-order valence-electron chi connectivity index (χ1n) is 6.99. The van der Waals surface area contributed by atoms with Crippen LogP contribution in [-0.2, 0) is 6.54 Å². The van der Waals surface area contributed by atoms with Crippen molar-refractivity contribution in [3.63, 3.8) is 0 Å². The van der Waals surface area contributed by atoms with E-state index in [0.29, 0.717) is 11.7 Å². The number of hydrogen-bond donors (Lipinski definition) is 2. The number of nitrogens with zero attached hydrogens (tertiary/aromatic N) is 2. The van der Waals surface area contributed by atoms with Crippen molar-refractivity contribution in [2.24, 2.45) is 0 Å². The van der Waals surface area contributed by atoms with Gasteiger partial charge in [-0.1, -0.05) is 25.5 Å². The zero-order valence-corrected chi connectivity index (χ0v) is 12.8. The lowest BCUT2D eigenvalue weighted by Gasteiger charge is -2.07. The molecule has 0 spiro atoms. The van der Waals surface area contributed by atoms with Crippen molar-refractivity contribution in [2.75, 3.05) is 11.9 Å². The van der Waals surface area contributed by atoms with Crippen molar-refractivity contribution < 1.29 is 4.39 Å². The second-order valence-corrected chi connectivity index (χ2v) is 5.20. The molecule has 2 N–H and O–H groups in total. The molecule has 1 aromatic heterocycles. The number of thiocarbonyl (C=S) groups is 1. The van der Waals surface area contributed by atoms with Gasteiger partial charge < -0.3 is 10.6 Å². The summed E-state index contributed by atoms with van der Waals surface area (Å²) in [5, 5.41) is 11.1. The van der Waals surface area contributed by atoms with Crippen LogP contribution >= 0.6 is 12.2 Å². The number of aromatic nitrogens is 2. The van der Waals surface area contributed by atoms with Crippen molar-refractivity contribution in [2.45, 2.75) is 26.3 Å². The van der Waals surface area contributed by atoms with Gasteiger partial charge in [0, 0.05) is 12.7 Å². The Labute approximate surface area is 129 Å². The zero-order chi connectivity index (χ0) is 15.1. The van der Waals surface area contributed by atoms with E-state index in [1.807, 2.05) is 6.20 Å². The standard InChI is InChI=1S/C15H19FN4S/c1-2-3-8-17-15(21)19-14-9-18-20(11-14)10-12-4-6-13(16)7-5-12/h4-7,9,11H,2-3,8,10H2,1H3,(H2,17,19,21). The maximum atomic E-state index is 12.8. The first-order valence-corrected chi connectivity index (χ1v) is 7.40. The quantitative estimate of drug-likeness (QED) is 0.635. The topological polar surface area (TPSA) is 41.9 Å². The SMILES string of the molecule is CCCCNC(=S)Nc1cnn(Cc2ccc(F)cc2)c1. The molecule has 0 unspecified atom stereocenters. The van der Waals surface area contributed by atoms with Crippen LogP contribution in [0.2, 0.25) is 0 Å². The summed E-state index contributed by atoms with van der Waals surface area (Å²) < 4.78 is 14.6. The van der Waals surface area contributed by atoms with Gasteiger partial charge in [0.1, 0.15) is 5.82 Å². The van der Waals surface area contributed by atoms with Gasteiger partial charge in [-0.3, -0.25) is 4.68 Å². The first-order chi connectivity index (χ1) is 10.2. The minimum absolute atomic E-state index is 0.231. The predicted molar refractivity (Wildman–Crippen MR) is 86.9 cm³/mol. The first kappa shape index (κ1) is 15.4. The average molecular weight is 306 g/mol. The van der Waals surface area contributed by atoms with Crippen molar-refractivity contribution in [1.29, 1.82) is 0 Å². The van der Waals surface area contributed by atoms with E-state index in [4.69, 9.17) is 12.2 Å². The van der Waals surface area contributed by atoms with Crippen molar-refractivity contribution in [3.8, 4) is 0 Å². The molecule has 6 heteroatoms. The van der Waals surface area contributed by atoms with Crippen LogP contribution in [0, 0.1) is 5.82 Å². The summed E-state index contributed by atoms with van der Waals surface area (Å²) in [4.78, 5) is 0. The lowest BCUT2D eigenvalue weighted by molar-refractivity contribution is 0.624. The maximum absolute atomic E-state index is 12.8. The van der Waals surface area contributed by atoms with Crippen LogP contribution < -0.4 is 10.6 Å². The Morgan fingerprint density at radius 1 is 1.33 bits per heavy atom. The highest BCUT2D eigenvalue weighted by Crippen LogP contribution is 2.09. The molecule has 0 radical (unpaired) electrons. The fourth-order valence-electron chi connectivity index (χ4n) is 1.85. The molecule has 0 aliphatic heterocycles. The molecular formula is C15H19FN4S. The number of unbranched alkanes of at least 4 members (excludes halogenated alkanes) is 1. The van der Waals surface area contributed by atoms with Crippen molar-refractivity contribution in [1.82, 2.24) is 15.1 Å². The largest absolute Gasteiger partial charge is 0.362 e. The Hall–Kier alpha value is -1.95. The van der Waals surface area contributed by atoms with Crippen LogP contribution in [0.5, 0.6) is 0 Å². The van der Waals surface area contributed by atoms with Crippen LogP contribution in [0.25, 0.3) is 0 Å². The fraction of sp³-hybridized carbons (Fsp3) is 0.333. The molecule has 2 aromatic rings. The van der Waals surface area contributed by atoms with Gasteiger partial charge in [0.05, 0.1) is 18.4 Å². The summed E-state index contributed by atoms with van der Waals surface area (Å²) in [6.45, 7) is 3.60. The molecule has 0 bridgehead atoms. The van der Waals surface area contributed by atoms with Crippen LogP contribution in [0.1, 0.15) is 25.3 Å². The minimum Gasteiger partial charge on any atom is -0.362 e. The van der Waals surface area contributed by atoms with Crippen LogP contribution in [-0.4, -0.2) is 21.4 Å². The van der Waals surface area contributed by atoms with E-state index in [-0.39, 0.29) is 5.82 Å². The third-order valence-corrected chi connectivity index (χ3v) is 3.21. The van der Waals surface area contributed by atoms with Crippen molar-refractivity contribution in [3.05, 3.63) is 48.0 Å². The van der Waals surface area contributed by atoms with Gasteiger partial charge in [0.2, 0.25) is 0 Å². The fourth-order valence-corrected chi connectivity index (χ4v) is 2.07. The monoisotopic (exact) mass is 306 g/mol. The Morgan fingerprint density at radius 3 is 2.81 bits per heavy atom. The number of hydrogen-bond acceptors (Lipinski definition) is 2. The van der Waals surface area contributed by atoms with E-state index < -0.39 is 0 Å². The molecule has 0 aliphatic rings. The summed E-state index contributed by atoms with van der Waals surface area (Å²) in [5.41, 5.74) is 1.83. The van der Waals surface area contributed by atoms with Crippen LogP contribution in [0.4, 0.5) is 10.1 Å². The van der Waals surface area contributed by atoms with Gasteiger partial charge in [0.15, 0.2) is 5.11 Å². The van der Waals surface area contributed by atoms with E-state index >= 15 is 0 Å². The lowest BCUT2D eigenvalue weighted by atomic mass is 10.2.